The quantitative estimate of drug-likeness (QED) is 0.0282. The van der Waals surface area contributed by atoms with Crippen molar-refractivity contribution in [3.05, 3.63) is 0 Å². The van der Waals surface area contributed by atoms with Crippen molar-refractivity contribution in [2.45, 2.75) is 264 Å². The number of hydrogen-bond donors (Lipinski definition) is 5. The fraction of sp³-hybridized carbons (Fsp3) is 0.897. The Labute approximate surface area is 458 Å². The second-order valence-electron chi connectivity index (χ2n) is 20.1. The number of carboxylic acids is 1. The maximum Gasteiger partial charge on any atom is 0.306 e. The highest BCUT2D eigenvalue weighted by molar-refractivity contribution is 7.99. The van der Waals surface area contributed by atoms with E-state index in [9.17, 15) is 33.9 Å². The third kappa shape index (κ3) is 50.3. The molecule has 0 aromatic rings. The highest BCUT2D eigenvalue weighted by Gasteiger charge is 2.27. The molecule has 0 aliphatic carbocycles. The molecule has 3 amide bonds. The topological polar surface area (TPSA) is 225 Å². The average molecular weight is 1090 g/mol. The maximum atomic E-state index is 13.8. The third-order valence-corrected chi connectivity index (χ3v) is 14.2. The lowest BCUT2D eigenvalue weighted by Crippen LogP contribution is -2.56. The van der Waals surface area contributed by atoms with E-state index in [1.807, 2.05) is 0 Å². The van der Waals surface area contributed by atoms with Gasteiger partial charge in [0.05, 0.1) is 52.7 Å². The molecule has 0 rings (SSSR count). The molecule has 440 valence electrons. The van der Waals surface area contributed by atoms with Crippen LogP contribution in [0.1, 0.15) is 245 Å². The molecule has 0 radical (unpaired) electrons. The summed E-state index contributed by atoms with van der Waals surface area (Å²) in [6.07, 6.45) is 35.4. The first-order chi connectivity index (χ1) is 36.6. The zero-order valence-electron chi connectivity index (χ0n) is 47.6. The maximum absolute atomic E-state index is 13.8. The van der Waals surface area contributed by atoms with E-state index in [4.69, 9.17) is 28.8 Å². The molecule has 0 aromatic heterocycles. The van der Waals surface area contributed by atoms with E-state index in [2.05, 4.69) is 36.7 Å². The molecule has 0 heterocycles. The van der Waals surface area contributed by atoms with Crippen LogP contribution in [-0.4, -0.2) is 135 Å². The lowest BCUT2D eigenvalue weighted by atomic mass is 10.0. The minimum Gasteiger partial charge on any atom is -0.481 e. The van der Waals surface area contributed by atoms with Crippen LogP contribution in [0.2, 0.25) is 0 Å². The second kappa shape index (κ2) is 55.8. The summed E-state index contributed by atoms with van der Waals surface area (Å²) in [4.78, 5) is 76.8. The minimum absolute atomic E-state index is 0.0685. The van der Waals surface area contributed by atoms with Gasteiger partial charge in [-0.25, -0.2) is 0 Å². The van der Waals surface area contributed by atoms with Crippen molar-refractivity contribution in [3.8, 4) is 0 Å². The van der Waals surface area contributed by atoms with E-state index in [-0.39, 0.29) is 108 Å². The molecule has 0 aliphatic rings. The smallest absolute Gasteiger partial charge is 0.306 e. The van der Waals surface area contributed by atoms with Crippen LogP contribution in [0.25, 0.3) is 0 Å². The molecule has 16 nitrogen and oxygen atoms in total. The van der Waals surface area contributed by atoms with Gasteiger partial charge in [0.15, 0.2) is 0 Å². The first-order valence-corrected chi connectivity index (χ1v) is 31.1. The van der Waals surface area contributed by atoms with Gasteiger partial charge in [-0.1, -0.05) is 201 Å². The number of aliphatic hydroxyl groups is 1. The number of amides is 3. The Hall–Kier alpha value is -2.99. The number of rotatable bonds is 58. The molecule has 75 heavy (non-hydrogen) atoms. The van der Waals surface area contributed by atoms with Gasteiger partial charge < -0.3 is 49.8 Å². The third-order valence-electron chi connectivity index (χ3n) is 13.0. The van der Waals surface area contributed by atoms with Gasteiger partial charge in [0.2, 0.25) is 17.7 Å². The summed E-state index contributed by atoms with van der Waals surface area (Å²) in [7, 11) is 0. The fourth-order valence-electron chi connectivity index (χ4n) is 8.39. The van der Waals surface area contributed by atoms with Gasteiger partial charge in [-0.15, -0.1) is 0 Å². The lowest BCUT2D eigenvalue weighted by Gasteiger charge is -2.23. The van der Waals surface area contributed by atoms with Gasteiger partial charge in [-0.05, 0) is 19.3 Å². The molecule has 0 saturated heterocycles. The van der Waals surface area contributed by atoms with E-state index in [1.54, 1.807) is 0 Å². The van der Waals surface area contributed by atoms with Crippen LogP contribution in [0.4, 0.5) is 0 Å². The van der Waals surface area contributed by atoms with Gasteiger partial charge in [0.1, 0.15) is 24.8 Å². The minimum atomic E-state index is -1.30. The van der Waals surface area contributed by atoms with Crippen molar-refractivity contribution < 1.29 is 62.7 Å². The van der Waals surface area contributed by atoms with E-state index < -0.39 is 42.6 Å². The first-order valence-electron chi connectivity index (χ1n) is 29.9. The standard InChI is InChI=1S/C58H109N3O13S/c1-4-7-10-13-16-19-20-21-22-25-26-29-32-35-53(63)60-52(58(69)61-51(46-62)57(68)59-39-41-71-43-45-72-44-42-70-40-38-54(64)65)49-75-48-50(74-56(67)37-34-31-28-24-18-15-12-9-6-3)47-73-55(66)36-33-30-27-23-17-14-11-8-5-2/h50-52,62H,4-49H2,1-3H3,(H,59,68)(H,60,63)(H,61,69)(H,64,65)/t50-,51+,52+/m1/s1. The summed E-state index contributed by atoms with van der Waals surface area (Å²) in [6, 6.07) is -2.38. The average Bonchev–Trinajstić information content (AvgIpc) is 3.39. The van der Waals surface area contributed by atoms with Gasteiger partial charge >= 0.3 is 17.9 Å². The first kappa shape index (κ1) is 72.0. The van der Waals surface area contributed by atoms with Gasteiger partial charge in [-0.2, -0.15) is 11.8 Å². The summed E-state index contributed by atoms with van der Waals surface area (Å²) in [5.74, 6) is -2.96. The Balaban J connectivity index is 5.47. The fourth-order valence-corrected chi connectivity index (χ4v) is 9.42. The highest BCUT2D eigenvalue weighted by Crippen LogP contribution is 2.17. The van der Waals surface area contributed by atoms with Crippen LogP contribution in [0.15, 0.2) is 0 Å². The van der Waals surface area contributed by atoms with Crippen LogP contribution < -0.4 is 16.0 Å². The number of esters is 2. The van der Waals surface area contributed by atoms with Gasteiger partial charge in [0, 0.05) is 37.3 Å². The van der Waals surface area contributed by atoms with E-state index >= 15 is 0 Å². The number of ether oxygens (including phenoxy) is 5. The van der Waals surface area contributed by atoms with Crippen molar-refractivity contribution in [2.24, 2.45) is 0 Å². The molecule has 3 atom stereocenters. The number of carbonyl (C=O) groups excluding carboxylic acids is 5. The summed E-state index contributed by atoms with van der Waals surface area (Å²) < 4.78 is 27.6. The van der Waals surface area contributed by atoms with Crippen LogP contribution in [0, 0.1) is 0 Å². The molecule has 0 bridgehead atoms. The molecule has 0 saturated carbocycles. The Morgan fingerprint density at radius 1 is 0.440 bits per heavy atom. The number of thioether (sulfide) groups is 1. The van der Waals surface area contributed by atoms with E-state index in [0.717, 1.165) is 64.2 Å². The zero-order valence-corrected chi connectivity index (χ0v) is 48.4. The van der Waals surface area contributed by atoms with Crippen LogP contribution in [-0.2, 0) is 52.5 Å². The van der Waals surface area contributed by atoms with Crippen LogP contribution in [0.5, 0.6) is 0 Å². The predicted octanol–water partition coefficient (Wildman–Crippen LogP) is 11.1. The predicted molar refractivity (Wildman–Crippen MR) is 301 cm³/mol. The molecule has 0 fully saturated rings. The zero-order chi connectivity index (χ0) is 55.1. The van der Waals surface area contributed by atoms with Crippen LogP contribution in [0.3, 0.4) is 0 Å². The molecule has 0 unspecified atom stereocenters. The summed E-state index contributed by atoms with van der Waals surface area (Å²) >= 11 is 1.27. The molecule has 0 spiro atoms. The van der Waals surface area contributed by atoms with Crippen LogP contribution >= 0.6 is 11.8 Å². The molecular formula is C58H109N3O13S. The molecule has 17 heteroatoms. The number of carbonyl (C=O) groups is 6. The SMILES string of the molecule is CCCCCCCCCCCCCCCC(=O)N[C@@H](CSC[C@@H](COC(=O)CCCCCCCCCCC)OC(=O)CCCCCCCCCCC)C(=O)N[C@@H](CO)C(=O)NCCOCCOCCOCCC(=O)O. The molecule has 5 N–H and O–H groups in total. The number of nitrogens with one attached hydrogen (secondary N) is 3. The van der Waals surface area contributed by atoms with Gasteiger partial charge in [0.25, 0.3) is 0 Å². The Morgan fingerprint density at radius 2 is 0.853 bits per heavy atom. The summed E-state index contributed by atoms with van der Waals surface area (Å²) in [5.41, 5.74) is 0. The van der Waals surface area contributed by atoms with E-state index in [0.29, 0.717) is 12.8 Å². The number of hydrogen-bond acceptors (Lipinski definition) is 13. The molecule has 0 aliphatic heterocycles. The molecular weight excluding hydrogens is 979 g/mol. The van der Waals surface area contributed by atoms with Crippen molar-refractivity contribution in [3.63, 3.8) is 0 Å². The lowest BCUT2D eigenvalue weighted by molar-refractivity contribution is -0.157. The number of unbranched alkanes of at least 4 members (excludes halogenated alkanes) is 28. The second-order valence-corrected chi connectivity index (χ2v) is 21.2. The Kier molecular flexibility index (Phi) is 53.5. The largest absolute Gasteiger partial charge is 0.481 e. The van der Waals surface area contributed by atoms with Gasteiger partial charge in [-0.3, -0.25) is 28.8 Å². The molecule has 0 aromatic carbocycles. The normalized spacial score (nSPS) is 12.5. The number of aliphatic hydroxyl groups excluding tert-OH is 1. The number of aliphatic carboxylic acids is 1. The van der Waals surface area contributed by atoms with Crippen molar-refractivity contribution >= 4 is 47.4 Å². The number of carboxylic acid groups (broad SMARTS) is 1. The summed E-state index contributed by atoms with van der Waals surface area (Å²) in [6.45, 7) is 7.24. The highest BCUT2D eigenvalue weighted by atomic mass is 32.2. The van der Waals surface area contributed by atoms with Crippen molar-refractivity contribution in [1.29, 1.82) is 0 Å². The Morgan fingerprint density at radius 3 is 1.31 bits per heavy atom. The van der Waals surface area contributed by atoms with Crippen molar-refractivity contribution in [2.75, 3.05) is 70.9 Å². The monoisotopic (exact) mass is 1090 g/mol. The summed E-state index contributed by atoms with van der Waals surface area (Å²) in [5, 5.41) is 26.9. The Bertz CT molecular complexity index is 1380. The van der Waals surface area contributed by atoms with E-state index in [1.165, 1.54) is 134 Å². The van der Waals surface area contributed by atoms with Crippen molar-refractivity contribution in [1.82, 2.24) is 16.0 Å².